The van der Waals surface area contributed by atoms with Crippen molar-refractivity contribution in [2.75, 3.05) is 38.0 Å². The molecule has 8 heteroatoms. The summed E-state index contributed by atoms with van der Waals surface area (Å²) in [6.07, 6.45) is 0. The van der Waals surface area contributed by atoms with E-state index >= 15 is 0 Å². The number of nitrogens with zero attached hydrogens (tertiary/aromatic N) is 2. The molecule has 0 aliphatic heterocycles. The molecule has 2 aromatic carbocycles. The van der Waals surface area contributed by atoms with E-state index in [9.17, 15) is 0 Å². The topological polar surface area (TPSA) is 118 Å². The lowest BCUT2D eigenvalue weighted by atomic mass is 10.0. The van der Waals surface area contributed by atoms with Gasteiger partial charge in [-0.2, -0.15) is 4.98 Å². The molecule has 0 aliphatic rings. The van der Waals surface area contributed by atoms with Crippen LogP contribution >= 0.6 is 0 Å². The summed E-state index contributed by atoms with van der Waals surface area (Å²) in [6, 6.07) is -1.74. The molecule has 8 nitrogen and oxygen atoms in total. The summed E-state index contributed by atoms with van der Waals surface area (Å²) in [5.74, 6) is -3.08. The molecular weight excluding hydrogens is 346 g/mol. The van der Waals surface area contributed by atoms with Crippen LogP contribution in [-0.2, 0) is 6.50 Å². The fraction of sp³-hybridized carbons (Fsp3) is 0.263. The summed E-state index contributed by atoms with van der Waals surface area (Å²) in [6.45, 7) is -6.29. The van der Waals surface area contributed by atoms with Gasteiger partial charge in [-0.3, -0.25) is 0 Å². The summed E-state index contributed by atoms with van der Waals surface area (Å²) >= 11 is 0. The number of methoxy groups -OCH3 is 3. The molecule has 5 N–H and O–H groups in total. The van der Waals surface area contributed by atoms with Crippen molar-refractivity contribution in [1.82, 2.24) is 9.97 Å². The third-order valence-corrected chi connectivity index (χ3v) is 3.45. The Morgan fingerprint density at radius 2 is 2.00 bits per heavy atom. The number of nitrogens with two attached hydrogens (primary N) is 2. The van der Waals surface area contributed by atoms with Crippen LogP contribution in [0.1, 0.15) is 30.3 Å². The number of ether oxygens (including phenoxy) is 3. The van der Waals surface area contributed by atoms with Crippen molar-refractivity contribution in [1.29, 1.82) is 0 Å². The van der Waals surface area contributed by atoms with Crippen LogP contribution in [0.5, 0.6) is 17.2 Å². The van der Waals surface area contributed by atoms with Crippen LogP contribution < -0.4 is 31.0 Å². The molecule has 3 rings (SSSR count). The largest absolute Gasteiger partial charge is 0.493 e. The van der Waals surface area contributed by atoms with Gasteiger partial charge in [-0.05, 0) is 24.0 Å². The van der Waals surface area contributed by atoms with Crippen LogP contribution in [0, 0.1) is 6.85 Å². The van der Waals surface area contributed by atoms with E-state index in [1.54, 1.807) is 0 Å². The van der Waals surface area contributed by atoms with E-state index in [0.717, 1.165) is 13.2 Å². The second kappa shape index (κ2) is 7.45. The maximum atomic E-state index is 8.72. The molecule has 1 heterocycles. The second-order valence-corrected chi connectivity index (χ2v) is 5.05. The highest BCUT2D eigenvalue weighted by atomic mass is 16.5. The molecule has 0 aliphatic carbocycles. The molecular formula is C19H23N5O3. The minimum atomic E-state index is -3.18. The monoisotopic (exact) mass is 383 g/mol. The third-order valence-electron chi connectivity index (χ3n) is 3.45. The Hall–Kier alpha value is -3.42. The quantitative estimate of drug-likeness (QED) is 0.595. The van der Waals surface area contributed by atoms with Crippen molar-refractivity contribution in [3.63, 3.8) is 0 Å². The Bertz CT molecular complexity index is 1500. The fourth-order valence-corrected chi connectivity index (χ4v) is 2.30. The van der Waals surface area contributed by atoms with E-state index in [0.29, 0.717) is 0 Å². The molecule has 0 spiro atoms. The van der Waals surface area contributed by atoms with Gasteiger partial charge in [0.15, 0.2) is 11.5 Å². The summed E-state index contributed by atoms with van der Waals surface area (Å²) in [4.78, 5) is 7.51. The molecule has 0 saturated carbocycles. The van der Waals surface area contributed by atoms with Crippen LogP contribution in [0.3, 0.4) is 0 Å². The average molecular weight is 384 g/mol. The van der Waals surface area contributed by atoms with Crippen LogP contribution in [0.4, 0.5) is 17.5 Å². The second-order valence-electron chi connectivity index (χ2n) is 5.05. The number of hydrogen-bond acceptors (Lipinski definition) is 8. The highest BCUT2D eigenvalue weighted by Gasteiger charge is 2.14. The Morgan fingerprint density at radius 3 is 2.74 bits per heavy atom. The van der Waals surface area contributed by atoms with Gasteiger partial charge < -0.3 is 31.0 Å². The van der Waals surface area contributed by atoms with Gasteiger partial charge in [-0.1, -0.05) is 6.04 Å². The van der Waals surface area contributed by atoms with Crippen molar-refractivity contribution in [2.24, 2.45) is 0 Å². The standard InChI is InChI=1S/C19H23N5O3/c1-10-11(5-6-13-16(10)18(20)24-19(21)23-13)9-22-12-7-14(25-2)17(27-4)15(8-12)26-3/h5-8,22H,9H2,1-4H3,(H4,20,21,23,24)/i1D3,2D3,3D3,5D,6D,7D,9D2. The van der Waals surface area contributed by atoms with Crippen LogP contribution in [-0.4, -0.2) is 31.2 Å². The van der Waals surface area contributed by atoms with Gasteiger partial charge in [0, 0.05) is 33.8 Å². The summed E-state index contributed by atoms with van der Waals surface area (Å²) in [5.41, 5.74) is 8.66. The Kier molecular flexibility index (Phi) is 2.12. The molecule has 0 radical (unpaired) electrons. The molecule has 0 saturated heterocycles. The predicted octanol–water partition coefficient (Wildman–Crippen LogP) is 2.74. The fourth-order valence-electron chi connectivity index (χ4n) is 2.30. The molecule has 0 amide bonds. The third kappa shape index (κ3) is 3.46. The van der Waals surface area contributed by atoms with Gasteiger partial charge in [0.25, 0.3) is 0 Å². The molecule has 0 atom stereocenters. The zero-order valence-electron chi connectivity index (χ0n) is 27.9. The predicted molar refractivity (Wildman–Crippen MR) is 107 cm³/mol. The lowest BCUT2D eigenvalue weighted by Gasteiger charge is -2.16. The number of fused-ring (bicyclic) bond motifs is 1. The summed E-state index contributed by atoms with van der Waals surface area (Å²) < 4.78 is 126. The molecule has 0 unspecified atom stereocenters. The molecule has 3 aromatic rings. The lowest BCUT2D eigenvalue weighted by molar-refractivity contribution is 0.324. The first-order valence-electron chi connectivity index (χ1n) is 14.2. The minimum Gasteiger partial charge on any atom is -0.493 e. The first kappa shape index (κ1) is 7.67. The van der Waals surface area contributed by atoms with Crippen LogP contribution in [0.25, 0.3) is 10.9 Å². The number of benzene rings is 2. The smallest absolute Gasteiger partial charge is 0.222 e. The van der Waals surface area contributed by atoms with E-state index < -0.39 is 102 Å². The van der Waals surface area contributed by atoms with E-state index in [1.165, 1.54) is 0 Å². The van der Waals surface area contributed by atoms with Crippen LogP contribution in [0.15, 0.2) is 24.2 Å². The number of aromatic nitrogens is 2. The van der Waals surface area contributed by atoms with Crippen LogP contribution in [0.2, 0.25) is 0 Å². The first-order chi connectivity index (χ1) is 18.5. The number of anilines is 3. The molecule has 0 fully saturated rings. The normalized spacial score (nSPS) is 20.2. The van der Waals surface area contributed by atoms with E-state index in [1.807, 2.05) is 0 Å². The highest BCUT2D eigenvalue weighted by molar-refractivity contribution is 5.92. The summed E-state index contributed by atoms with van der Waals surface area (Å²) in [7, 11) is -5.29. The molecule has 27 heavy (non-hydrogen) atoms. The van der Waals surface area contributed by atoms with Crippen molar-refractivity contribution >= 4 is 28.4 Å². The van der Waals surface area contributed by atoms with E-state index in [2.05, 4.69) is 15.3 Å². The summed E-state index contributed by atoms with van der Waals surface area (Å²) in [5, 5.41) is 1.73. The zero-order valence-corrected chi connectivity index (χ0v) is 13.9. The highest BCUT2D eigenvalue weighted by Crippen LogP contribution is 2.40. The number of aryl methyl sites for hydroxylation is 1. The Balaban J connectivity index is 2.38. The van der Waals surface area contributed by atoms with Gasteiger partial charge in [0.05, 0.1) is 41.8 Å². The SMILES string of the molecule is [2H]c1c(NC([2H])([2H])c2c([2H])c([2H])c3nc(N)nc(N)c3c2C([2H])([2H])[2H])cc(OC([2H])([2H])[2H])c(OC)c1OC([2H])([2H])[2H]. The van der Waals surface area contributed by atoms with E-state index in [4.69, 9.17) is 44.9 Å². The van der Waals surface area contributed by atoms with E-state index in [-0.39, 0.29) is 0 Å². The van der Waals surface area contributed by atoms with Gasteiger partial charge >= 0.3 is 0 Å². The number of hydrogen-bond donors (Lipinski definition) is 3. The number of rotatable bonds is 6. The maximum absolute atomic E-state index is 8.72. The molecule has 0 bridgehead atoms. The molecule has 1 aromatic heterocycles. The van der Waals surface area contributed by atoms with Gasteiger partial charge in [0.2, 0.25) is 11.7 Å². The van der Waals surface area contributed by atoms with Crippen molar-refractivity contribution in [3.05, 3.63) is 35.3 Å². The van der Waals surface area contributed by atoms with Crippen molar-refractivity contribution in [2.45, 2.75) is 13.3 Å². The average Bonchev–Trinajstić information content (AvgIpc) is 2.76. The first-order valence-corrected chi connectivity index (χ1v) is 7.23. The molecule has 142 valence electrons. The lowest BCUT2D eigenvalue weighted by Crippen LogP contribution is -2.06. The van der Waals surface area contributed by atoms with Crippen molar-refractivity contribution in [3.8, 4) is 17.2 Å². The Labute approximate surface area is 177 Å². The van der Waals surface area contributed by atoms with Gasteiger partial charge in [-0.25, -0.2) is 4.98 Å². The number of nitrogen functional groups attached to an aromatic ring is 2. The minimum absolute atomic E-state index is 0.418. The Morgan fingerprint density at radius 1 is 1.19 bits per heavy atom. The van der Waals surface area contributed by atoms with Crippen molar-refractivity contribution < 1.29 is 33.4 Å². The van der Waals surface area contributed by atoms with Gasteiger partial charge in [0.1, 0.15) is 5.82 Å². The number of nitrogens with one attached hydrogen (secondary N) is 1. The van der Waals surface area contributed by atoms with Gasteiger partial charge in [-0.15, -0.1) is 0 Å². The zero-order chi connectivity index (χ0) is 31.5. The maximum Gasteiger partial charge on any atom is 0.222 e.